The first-order chi connectivity index (χ1) is 12.0. The summed E-state index contributed by atoms with van der Waals surface area (Å²) in [5.41, 5.74) is 0.958. The van der Waals surface area contributed by atoms with E-state index in [4.69, 9.17) is 9.47 Å². The molecule has 0 amide bonds. The number of halogens is 1. The molecule has 0 unspecified atom stereocenters. The van der Waals surface area contributed by atoms with Crippen LogP contribution in [0.15, 0.2) is 57.6 Å². The average molecular weight is 403 g/mol. The predicted octanol–water partition coefficient (Wildman–Crippen LogP) is 3.71. The fourth-order valence-electron chi connectivity index (χ4n) is 2.25. The van der Waals surface area contributed by atoms with E-state index in [0.29, 0.717) is 11.1 Å². The second-order valence-corrected chi connectivity index (χ2v) is 5.95. The zero-order chi connectivity index (χ0) is 18.0. The number of carbonyl (C=O) groups excluding carboxylic acids is 1. The van der Waals surface area contributed by atoms with Crippen molar-refractivity contribution < 1.29 is 19.2 Å². The van der Waals surface area contributed by atoms with Crippen molar-refractivity contribution in [3.05, 3.63) is 73.9 Å². The molecule has 0 fully saturated rings. The maximum absolute atomic E-state index is 12.0. The minimum atomic E-state index is -0.617. The summed E-state index contributed by atoms with van der Waals surface area (Å²) in [6, 6.07) is 11.5. The van der Waals surface area contributed by atoms with E-state index in [2.05, 4.69) is 20.9 Å². The highest BCUT2D eigenvalue weighted by molar-refractivity contribution is 9.10. The summed E-state index contributed by atoms with van der Waals surface area (Å²) in [6.45, 7) is 0. The molecule has 0 radical (unpaired) electrons. The highest BCUT2D eigenvalue weighted by Crippen LogP contribution is 2.29. The van der Waals surface area contributed by atoms with Crippen molar-refractivity contribution in [3.63, 3.8) is 0 Å². The Hall–Kier alpha value is -3.00. The van der Waals surface area contributed by atoms with E-state index in [9.17, 15) is 14.9 Å². The van der Waals surface area contributed by atoms with Crippen LogP contribution in [0.4, 0.5) is 5.69 Å². The Labute approximate surface area is 150 Å². The van der Waals surface area contributed by atoms with Crippen LogP contribution in [-0.4, -0.2) is 23.9 Å². The summed E-state index contributed by atoms with van der Waals surface area (Å²) in [4.78, 5) is 26.7. The number of hydrogen-bond donors (Lipinski definition) is 0. The molecule has 25 heavy (non-hydrogen) atoms. The Morgan fingerprint density at radius 1 is 1.28 bits per heavy atom. The molecular weight excluding hydrogens is 392 g/mol. The number of benzene rings is 2. The Bertz CT molecular complexity index is 936. The molecule has 7 nitrogen and oxygen atoms in total. The third kappa shape index (κ3) is 3.58. The van der Waals surface area contributed by atoms with Gasteiger partial charge in [-0.1, -0.05) is 28.1 Å². The van der Waals surface area contributed by atoms with Crippen LogP contribution in [0.2, 0.25) is 0 Å². The number of nitro benzene ring substituents is 1. The Morgan fingerprint density at radius 2 is 2.08 bits per heavy atom. The van der Waals surface area contributed by atoms with Gasteiger partial charge < -0.3 is 9.47 Å². The van der Waals surface area contributed by atoms with Gasteiger partial charge >= 0.3 is 11.7 Å². The molecule has 1 heterocycles. The van der Waals surface area contributed by atoms with Crippen LogP contribution < -0.4 is 4.74 Å². The quantitative estimate of drug-likeness (QED) is 0.336. The van der Waals surface area contributed by atoms with Crippen LogP contribution in [-0.2, 0) is 9.53 Å². The predicted molar refractivity (Wildman–Crippen MR) is 94.4 cm³/mol. The summed E-state index contributed by atoms with van der Waals surface area (Å²) in [6.07, 6.45) is 1.43. The molecule has 0 aromatic heterocycles. The standard InChI is InChI=1S/C17H11BrN2O5/c1-24-15-6-5-10(8-14(15)20(22)23)7-13-17(21)25-16(19-13)11-3-2-4-12(18)9-11/h2-9H,1H3. The Balaban J connectivity index is 1.97. The molecule has 0 aliphatic carbocycles. The number of methoxy groups -OCH3 is 1. The van der Waals surface area contributed by atoms with Crippen LogP contribution in [0.25, 0.3) is 6.08 Å². The van der Waals surface area contributed by atoms with Crippen molar-refractivity contribution in [2.24, 2.45) is 4.99 Å². The van der Waals surface area contributed by atoms with Gasteiger partial charge in [-0.05, 0) is 35.9 Å². The number of cyclic esters (lactones) is 1. The fraction of sp³-hybridized carbons (Fsp3) is 0.0588. The first kappa shape index (κ1) is 16.8. The van der Waals surface area contributed by atoms with E-state index in [1.54, 1.807) is 24.3 Å². The van der Waals surface area contributed by atoms with Crippen LogP contribution in [0.5, 0.6) is 5.75 Å². The summed E-state index contributed by atoms with van der Waals surface area (Å²) in [5.74, 6) is -0.298. The molecule has 0 bridgehead atoms. The molecular formula is C17H11BrN2O5. The van der Waals surface area contributed by atoms with Crippen molar-refractivity contribution in [1.82, 2.24) is 0 Å². The molecule has 1 aliphatic rings. The fourth-order valence-corrected chi connectivity index (χ4v) is 2.65. The highest BCUT2D eigenvalue weighted by atomic mass is 79.9. The SMILES string of the molecule is COc1ccc(C=C2N=C(c3cccc(Br)c3)OC2=O)cc1[N+](=O)[O-]. The van der Waals surface area contributed by atoms with Crippen molar-refractivity contribution in [2.75, 3.05) is 7.11 Å². The first-order valence-corrected chi connectivity index (χ1v) is 7.88. The van der Waals surface area contributed by atoms with E-state index in [1.165, 1.54) is 25.3 Å². The van der Waals surface area contributed by atoms with E-state index in [-0.39, 0.29) is 23.0 Å². The second-order valence-electron chi connectivity index (χ2n) is 5.03. The van der Waals surface area contributed by atoms with Crippen LogP contribution in [0.1, 0.15) is 11.1 Å². The molecule has 0 N–H and O–H groups in total. The first-order valence-electron chi connectivity index (χ1n) is 7.09. The van der Waals surface area contributed by atoms with Gasteiger partial charge in [0.2, 0.25) is 5.90 Å². The molecule has 2 aromatic rings. The maximum atomic E-state index is 12.0. The number of nitro groups is 1. The topological polar surface area (TPSA) is 91.0 Å². The highest BCUT2D eigenvalue weighted by Gasteiger charge is 2.24. The zero-order valence-corrected chi connectivity index (χ0v) is 14.5. The van der Waals surface area contributed by atoms with Gasteiger partial charge in [0, 0.05) is 16.1 Å². The molecule has 1 aliphatic heterocycles. The Morgan fingerprint density at radius 3 is 2.76 bits per heavy atom. The zero-order valence-electron chi connectivity index (χ0n) is 12.9. The van der Waals surface area contributed by atoms with Gasteiger partial charge in [-0.15, -0.1) is 0 Å². The molecule has 0 atom stereocenters. The Kier molecular flexibility index (Phi) is 4.62. The van der Waals surface area contributed by atoms with Gasteiger partial charge in [-0.2, -0.15) is 0 Å². The van der Waals surface area contributed by atoms with Gasteiger partial charge in [0.1, 0.15) is 0 Å². The van der Waals surface area contributed by atoms with Crippen LogP contribution in [0.3, 0.4) is 0 Å². The number of ether oxygens (including phenoxy) is 2. The molecule has 126 valence electrons. The number of nitrogens with zero attached hydrogens (tertiary/aromatic N) is 2. The van der Waals surface area contributed by atoms with Crippen molar-refractivity contribution in [3.8, 4) is 5.75 Å². The number of rotatable bonds is 4. The molecule has 0 spiro atoms. The van der Waals surface area contributed by atoms with E-state index in [1.807, 2.05) is 6.07 Å². The van der Waals surface area contributed by atoms with Crippen LogP contribution >= 0.6 is 15.9 Å². The third-order valence-corrected chi connectivity index (χ3v) is 3.89. The lowest BCUT2D eigenvalue weighted by Crippen LogP contribution is -2.05. The number of esters is 1. The summed E-state index contributed by atoms with van der Waals surface area (Å²) in [7, 11) is 1.35. The van der Waals surface area contributed by atoms with E-state index < -0.39 is 10.9 Å². The molecule has 0 saturated carbocycles. The lowest BCUT2D eigenvalue weighted by Gasteiger charge is -2.02. The average Bonchev–Trinajstić information content (AvgIpc) is 2.95. The molecule has 3 rings (SSSR count). The number of hydrogen-bond acceptors (Lipinski definition) is 6. The van der Waals surface area contributed by atoms with E-state index >= 15 is 0 Å². The van der Waals surface area contributed by atoms with Gasteiger partial charge in [-0.25, -0.2) is 9.79 Å². The summed E-state index contributed by atoms with van der Waals surface area (Å²) in [5, 5.41) is 11.1. The van der Waals surface area contributed by atoms with Crippen LogP contribution in [0, 0.1) is 10.1 Å². The van der Waals surface area contributed by atoms with Crippen molar-refractivity contribution in [2.45, 2.75) is 0 Å². The monoisotopic (exact) mass is 402 g/mol. The minimum Gasteiger partial charge on any atom is -0.490 e. The second kappa shape index (κ2) is 6.86. The normalized spacial score (nSPS) is 15.0. The van der Waals surface area contributed by atoms with E-state index in [0.717, 1.165) is 4.47 Å². The number of carbonyl (C=O) groups is 1. The van der Waals surface area contributed by atoms with Gasteiger partial charge in [0.25, 0.3) is 0 Å². The van der Waals surface area contributed by atoms with Crippen molar-refractivity contribution in [1.29, 1.82) is 0 Å². The van der Waals surface area contributed by atoms with Crippen molar-refractivity contribution >= 4 is 39.6 Å². The summed E-state index contributed by atoms with van der Waals surface area (Å²) >= 11 is 3.34. The van der Waals surface area contributed by atoms with Gasteiger partial charge in [-0.3, -0.25) is 10.1 Å². The maximum Gasteiger partial charge on any atom is 0.363 e. The van der Waals surface area contributed by atoms with Gasteiger partial charge in [0.05, 0.1) is 12.0 Å². The largest absolute Gasteiger partial charge is 0.490 e. The minimum absolute atomic E-state index is 0.0643. The molecule has 8 heteroatoms. The smallest absolute Gasteiger partial charge is 0.363 e. The summed E-state index contributed by atoms with van der Waals surface area (Å²) < 4.78 is 11.0. The lowest BCUT2D eigenvalue weighted by molar-refractivity contribution is -0.385. The third-order valence-electron chi connectivity index (χ3n) is 3.40. The molecule has 0 saturated heterocycles. The van der Waals surface area contributed by atoms with Gasteiger partial charge in [0.15, 0.2) is 11.4 Å². The lowest BCUT2D eigenvalue weighted by atomic mass is 10.1. The molecule has 2 aromatic carbocycles. The number of aliphatic imine (C=N–C) groups is 1.